The molecule has 9 nitrogen and oxygen atoms in total. The number of amides is 1. The molecule has 1 amide bonds. The highest BCUT2D eigenvalue weighted by molar-refractivity contribution is 5.78. The number of rotatable bonds is 5. The van der Waals surface area contributed by atoms with Gasteiger partial charge in [-0.25, -0.2) is 8.78 Å². The number of carbonyl (C=O) groups is 1. The lowest BCUT2D eigenvalue weighted by atomic mass is 9.92. The van der Waals surface area contributed by atoms with Crippen molar-refractivity contribution in [3.63, 3.8) is 0 Å². The normalized spacial score (nSPS) is 20.3. The molecule has 2 fully saturated rings. The maximum atomic E-state index is 14.5. The Kier molecular flexibility index (Phi) is 6.81. The fraction of sp³-hybridized carbons (Fsp3) is 0.567. The molecular formula is C30H38F2N8O. The molecule has 0 spiro atoms. The second kappa shape index (κ2) is 10.5. The number of nitrogens with zero attached hydrogens (tertiary/aromatic N) is 7. The van der Waals surface area contributed by atoms with Crippen LogP contribution in [0.5, 0.6) is 0 Å². The Labute approximate surface area is 239 Å². The number of piperidine rings is 1. The molecule has 6 heterocycles. The number of anilines is 2. The third kappa shape index (κ3) is 4.72. The van der Waals surface area contributed by atoms with Gasteiger partial charge in [0.05, 0.1) is 18.8 Å². The summed E-state index contributed by atoms with van der Waals surface area (Å²) in [4.78, 5) is 19.0. The molecule has 11 heteroatoms. The van der Waals surface area contributed by atoms with Crippen LogP contribution in [0.1, 0.15) is 61.0 Å². The van der Waals surface area contributed by atoms with Gasteiger partial charge in [-0.15, -0.1) is 0 Å². The van der Waals surface area contributed by atoms with Gasteiger partial charge in [-0.1, -0.05) is 0 Å². The van der Waals surface area contributed by atoms with Crippen LogP contribution in [0.25, 0.3) is 11.1 Å². The number of aromatic nitrogens is 4. The Morgan fingerprint density at radius 2 is 1.88 bits per heavy atom. The highest BCUT2D eigenvalue weighted by Gasteiger charge is 2.36. The first-order chi connectivity index (χ1) is 19.9. The molecule has 4 aliphatic heterocycles. The highest BCUT2D eigenvalue weighted by Crippen LogP contribution is 2.43. The Morgan fingerprint density at radius 1 is 1.07 bits per heavy atom. The van der Waals surface area contributed by atoms with E-state index in [1.165, 1.54) is 5.69 Å². The number of hydrogen-bond donors (Lipinski definition) is 1. The molecule has 3 aromatic rings. The van der Waals surface area contributed by atoms with Crippen LogP contribution in [-0.4, -0.2) is 80.6 Å². The number of aryl methyl sites for hydroxylation is 2. The second-order valence-electron chi connectivity index (χ2n) is 12.0. The average molecular weight is 565 g/mol. The molecule has 1 aromatic carbocycles. The second-order valence-corrected chi connectivity index (χ2v) is 12.0. The summed E-state index contributed by atoms with van der Waals surface area (Å²) in [6.07, 6.45) is 5.39. The lowest BCUT2D eigenvalue weighted by Gasteiger charge is -2.42. The number of likely N-dealkylation sites (tertiary alicyclic amines) is 1. The van der Waals surface area contributed by atoms with Gasteiger partial charge in [0.1, 0.15) is 0 Å². The largest absolute Gasteiger partial charge is 0.338 e. The van der Waals surface area contributed by atoms with Gasteiger partial charge in [0.25, 0.3) is 6.43 Å². The van der Waals surface area contributed by atoms with E-state index >= 15 is 0 Å². The molecule has 0 saturated carbocycles. The smallest absolute Gasteiger partial charge is 0.264 e. The summed E-state index contributed by atoms with van der Waals surface area (Å²) in [6.45, 7) is 7.77. The van der Waals surface area contributed by atoms with Crippen LogP contribution in [0.3, 0.4) is 0 Å². The number of hydrogen-bond acceptors (Lipinski definition) is 6. The molecule has 0 bridgehead atoms. The summed E-state index contributed by atoms with van der Waals surface area (Å²) < 4.78 is 32.8. The Hall–Kier alpha value is -3.31. The molecule has 0 unspecified atom stereocenters. The van der Waals surface area contributed by atoms with Gasteiger partial charge in [-0.05, 0) is 48.9 Å². The van der Waals surface area contributed by atoms with Crippen molar-refractivity contribution in [1.82, 2.24) is 34.7 Å². The standard InChI is InChI=1S/C30H38F2N8O/c1-19(41)38-11-7-27-26(18-38)30(35-40(27)22-5-9-37(10-6-22)23-15-33-16-23)39-8-3-4-20-12-24(21-14-34-36(2)17-21)25(29(31)32)13-28(20)39/h12-14,17,22-23,29,33H,3-11,15-16,18H2,1-2H3. The van der Waals surface area contributed by atoms with Gasteiger partial charge in [-0.3, -0.25) is 19.1 Å². The minimum atomic E-state index is -2.62. The maximum Gasteiger partial charge on any atom is 0.264 e. The molecule has 0 atom stereocenters. The first-order valence-electron chi connectivity index (χ1n) is 14.9. The minimum absolute atomic E-state index is 0.0140. The van der Waals surface area contributed by atoms with Crippen LogP contribution in [0.4, 0.5) is 20.3 Å². The molecule has 2 saturated heterocycles. The fourth-order valence-corrected chi connectivity index (χ4v) is 7.10. The van der Waals surface area contributed by atoms with Crippen LogP contribution in [-0.2, 0) is 31.2 Å². The van der Waals surface area contributed by atoms with E-state index in [0.717, 1.165) is 80.9 Å². The molecule has 41 heavy (non-hydrogen) atoms. The number of fused-ring (bicyclic) bond motifs is 2. The predicted octanol–water partition coefficient (Wildman–Crippen LogP) is 3.82. The van der Waals surface area contributed by atoms with E-state index in [-0.39, 0.29) is 11.5 Å². The number of benzene rings is 1. The van der Waals surface area contributed by atoms with E-state index in [1.807, 2.05) is 11.0 Å². The molecule has 1 N–H and O–H groups in total. The van der Waals surface area contributed by atoms with Gasteiger partial charge in [0, 0.05) is 100.0 Å². The fourth-order valence-electron chi connectivity index (χ4n) is 7.10. The number of alkyl halides is 2. The van der Waals surface area contributed by atoms with Crippen molar-refractivity contribution in [2.75, 3.05) is 44.2 Å². The Bertz CT molecular complexity index is 1450. The Balaban J connectivity index is 1.28. The van der Waals surface area contributed by atoms with Crippen molar-refractivity contribution >= 4 is 17.4 Å². The summed E-state index contributed by atoms with van der Waals surface area (Å²) in [5, 5.41) is 12.9. The minimum Gasteiger partial charge on any atom is -0.338 e. The lowest BCUT2D eigenvalue weighted by Crippen LogP contribution is -2.58. The summed E-state index contributed by atoms with van der Waals surface area (Å²) in [7, 11) is 1.80. The van der Waals surface area contributed by atoms with E-state index in [2.05, 4.69) is 24.9 Å². The maximum absolute atomic E-state index is 14.5. The molecule has 218 valence electrons. The molecule has 0 radical (unpaired) electrons. The van der Waals surface area contributed by atoms with Crippen molar-refractivity contribution in [3.05, 3.63) is 46.9 Å². The Morgan fingerprint density at radius 3 is 2.54 bits per heavy atom. The topological polar surface area (TPSA) is 74.5 Å². The van der Waals surface area contributed by atoms with E-state index in [1.54, 1.807) is 37.1 Å². The summed E-state index contributed by atoms with van der Waals surface area (Å²) >= 11 is 0. The van der Waals surface area contributed by atoms with E-state index in [4.69, 9.17) is 5.10 Å². The third-order valence-electron chi connectivity index (χ3n) is 9.51. The summed E-state index contributed by atoms with van der Waals surface area (Å²) in [6, 6.07) is 4.55. The van der Waals surface area contributed by atoms with E-state index in [9.17, 15) is 13.6 Å². The zero-order chi connectivity index (χ0) is 28.2. The van der Waals surface area contributed by atoms with Crippen LogP contribution >= 0.6 is 0 Å². The predicted molar refractivity (Wildman–Crippen MR) is 152 cm³/mol. The van der Waals surface area contributed by atoms with E-state index < -0.39 is 6.43 Å². The first kappa shape index (κ1) is 26.6. The number of nitrogens with one attached hydrogen (secondary N) is 1. The van der Waals surface area contributed by atoms with Gasteiger partial charge in [-0.2, -0.15) is 10.2 Å². The summed E-state index contributed by atoms with van der Waals surface area (Å²) in [5.41, 5.74) is 5.38. The number of halogens is 2. The summed E-state index contributed by atoms with van der Waals surface area (Å²) in [5.74, 6) is 0.878. The van der Waals surface area contributed by atoms with Gasteiger partial charge >= 0.3 is 0 Å². The number of carbonyl (C=O) groups excluding carboxylic acids is 1. The van der Waals surface area contributed by atoms with Crippen molar-refractivity contribution in [1.29, 1.82) is 0 Å². The molecule has 0 aliphatic carbocycles. The lowest BCUT2D eigenvalue weighted by molar-refractivity contribution is -0.129. The SMILES string of the molecule is CC(=O)N1CCc2c(c(N3CCCc4cc(-c5cnn(C)c5)c(C(F)F)cc43)nn2C2CCN(C3CNC3)CC2)C1. The van der Waals surface area contributed by atoms with Gasteiger partial charge < -0.3 is 15.1 Å². The van der Waals surface area contributed by atoms with Crippen molar-refractivity contribution in [2.45, 2.75) is 64.1 Å². The molecule has 7 rings (SSSR count). The van der Waals surface area contributed by atoms with Gasteiger partial charge in [0.15, 0.2) is 5.82 Å². The van der Waals surface area contributed by atoms with Crippen molar-refractivity contribution < 1.29 is 13.6 Å². The average Bonchev–Trinajstić information content (AvgIpc) is 3.55. The van der Waals surface area contributed by atoms with Crippen LogP contribution in [0.15, 0.2) is 24.5 Å². The first-order valence-corrected chi connectivity index (χ1v) is 14.9. The monoisotopic (exact) mass is 564 g/mol. The van der Waals surface area contributed by atoms with Crippen LogP contribution in [0, 0.1) is 0 Å². The zero-order valence-corrected chi connectivity index (χ0v) is 23.8. The van der Waals surface area contributed by atoms with Crippen LogP contribution < -0.4 is 10.2 Å². The molecule has 2 aromatic heterocycles. The molecule has 4 aliphatic rings. The van der Waals surface area contributed by atoms with Crippen LogP contribution in [0.2, 0.25) is 0 Å². The van der Waals surface area contributed by atoms with Crippen molar-refractivity contribution in [3.8, 4) is 11.1 Å². The van der Waals surface area contributed by atoms with Gasteiger partial charge in [0.2, 0.25) is 5.91 Å². The van der Waals surface area contributed by atoms with Crippen molar-refractivity contribution in [2.24, 2.45) is 7.05 Å². The van der Waals surface area contributed by atoms with E-state index in [0.29, 0.717) is 42.8 Å². The quantitative estimate of drug-likeness (QED) is 0.508. The molecular weight excluding hydrogens is 526 g/mol. The zero-order valence-electron chi connectivity index (χ0n) is 23.8. The highest BCUT2D eigenvalue weighted by atomic mass is 19.3. The third-order valence-corrected chi connectivity index (χ3v) is 9.51.